The molecule has 1 aromatic carbocycles. The molecule has 0 aliphatic rings. The fraction of sp³-hybridized carbons (Fsp3) is 0.500. The summed E-state index contributed by atoms with van der Waals surface area (Å²) < 4.78 is 65.3. The summed E-state index contributed by atoms with van der Waals surface area (Å²) in [7, 11) is 0. The topological polar surface area (TPSA) is 37.3 Å². The highest BCUT2D eigenvalue weighted by Gasteiger charge is 2.59. The van der Waals surface area contributed by atoms with Crippen molar-refractivity contribution in [1.29, 1.82) is 0 Å². The second kappa shape index (κ2) is 6.85. The van der Waals surface area contributed by atoms with Gasteiger partial charge in [-0.1, -0.05) is 19.9 Å². The van der Waals surface area contributed by atoms with E-state index in [1.54, 1.807) is 6.92 Å². The van der Waals surface area contributed by atoms with Crippen LogP contribution < -0.4 is 0 Å². The molecule has 0 amide bonds. The fourth-order valence-corrected chi connectivity index (χ4v) is 3.14. The van der Waals surface area contributed by atoms with Crippen molar-refractivity contribution in [1.82, 2.24) is 0 Å². The number of hydrogen-bond acceptors (Lipinski definition) is 2. The predicted octanol–water partition coefficient (Wildman–Crippen LogP) is 5.10. The summed E-state index contributed by atoms with van der Waals surface area (Å²) in [4.78, 5) is 10.9. The predicted molar refractivity (Wildman–Crippen MR) is 73.7 cm³/mol. The highest BCUT2D eigenvalue weighted by atomic mass is 32.2. The van der Waals surface area contributed by atoms with Crippen LogP contribution in [0.15, 0.2) is 17.0 Å². The summed E-state index contributed by atoms with van der Waals surface area (Å²) in [6.07, 6.45) is -5.12. The van der Waals surface area contributed by atoms with Gasteiger partial charge in [0, 0.05) is 10.5 Å². The van der Waals surface area contributed by atoms with Crippen molar-refractivity contribution in [3.05, 3.63) is 28.8 Å². The second-order valence-electron chi connectivity index (χ2n) is 4.55. The highest BCUT2D eigenvalue weighted by molar-refractivity contribution is 7.99. The molecule has 0 fully saturated rings. The van der Waals surface area contributed by atoms with E-state index in [2.05, 4.69) is 0 Å². The van der Waals surface area contributed by atoms with Crippen LogP contribution in [-0.2, 0) is 12.3 Å². The third-order valence-corrected chi connectivity index (χ3v) is 4.36. The molecule has 0 saturated heterocycles. The first-order valence-corrected chi connectivity index (χ1v) is 7.53. The van der Waals surface area contributed by atoms with E-state index in [1.807, 2.05) is 0 Å². The van der Waals surface area contributed by atoms with E-state index < -0.39 is 23.6 Å². The molecule has 1 N–H and O–H groups in total. The number of carboxylic acids is 1. The lowest BCUT2D eigenvalue weighted by Crippen LogP contribution is -2.34. The Labute approximate surface area is 128 Å². The Morgan fingerprint density at radius 1 is 1.18 bits per heavy atom. The van der Waals surface area contributed by atoms with E-state index in [0.717, 1.165) is 17.8 Å². The normalized spacial score (nSPS) is 12.5. The number of aromatic carboxylic acids is 1. The Morgan fingerprint density at radius 3 is 2.18 bits per heavy atom. The van der Waals surface area contributed by atoms with Gasteiger partial charge < -0.3 is 5.11 Å². The number of thioether (sulfide) groups is 1. The van der Waals surface area contributed by atoms with Crippen LogP contribution in [0.2, 0.25) is 0 Å². The van der Waals surface area contributed by atoms with E-state index in [-0.39, 0.29) is 22.4 Å². The van der Waals surface area contributed by atoms with Gasteiger partial charge in [-0.25, -0.2) is 4.79 Å². The summed E-state index contributed by atoms with van der Waals surface area (Å²) in [5.41, 5.74) is -1.42. The smallest absolute Gasteiger partial charge is 0.458 e. The standard InChI is InChI=1S/C14H15F5O2S/c1-3-7-22-11-8(4-2)9(12(20)21)5-6-10(11)13(15,16)14(17,18)19/h5-6H,3-4,7H2,1-2H3,(H,20,21). The van der Waals surface area contributed by atoms with Crippen molar-refractivity contribution >= 4 is 17.7 Å². The third kappa shape index (κ3) is 3.53. The minimum atomic E-state index is -5.73. The van der Waals surface area contributed by atoms with Gasteiger partial charge in [-0.05, 0) is 30.2 Å². The van der Waals surface area contributed by atoms with Gasteiger partial charge in [-0.3, -0.25) is 0 Å². The van der Waals surface area contributed by atoms with Crippen molar-refractivity contribution in [2.24, 2.45) is 0 Å². The van der Waals surface area contributed by atoms with Crippen LogP contribution in [0.4, 0.5) is 22.0 Å². The molecule has 0 spiro atoms. The number of carbonyl (C=O) groups is 1. The Kier molecular flexibility index (Phi) is 5.83. The van der Waals surface area contributed by atoms with Gasteiger partial charge in [-0.2, -0.15) is 22.0 Å². The van der Waals surface area contributed by atoms with E-state index in [0.29, 0.717) is 18.2 Å². The third-order valence-electron chi connectivity index (χ3n) is 2.99. The Morgan fingerprint density at radius 2 is 1.77 bits per heavy atom. The first-order chi connectivity index (χ1) is 10.1. The Balaban J connectivity index is 3.61. The molecule has 0 radical (unpaired) electrons. The van der Waals surface area contributed by atoms with Gasteiger partial charge in [0.1, 0.15) is 0 Å². The lowest BCUT2D eigenvalue weighted by Gasteiger charge is -2.24. The molecular weight excluding hydrogens is 327 g/mol. The molecule has 124 valence electrons. The van der Waals surface area contributed by atoms with Crippen molar-refractivity contribution in [3.8, 4) is 0 Å². The van der Waals surface area contributed by atoms with Crippen LogP contribution in [0.25, 0.3) is 0 Å². The van der Waals surface area contributed by atoms with E-state index in [1.165, 1.54) is 6.92 Å². The molecule has 0 heterocycles. The molecule has 8 heteroatoms. The van der Waals surface area contributed by atoms with Crippen LogP contribution in [0.1, 0.15) is 41.8 Å². The average Bonchev–Trinajstić information content (AvgIpc) is 2.42. The van der Waals surface area contributed by atoms with Gasteiger partial charge in [-0.15, -0.1) is 11.8 Å². The molecule has 2 nitrogen and oxygen atoms in total. The maximum absolute atomic E-state index is 13.7. The van der Waals surface area contributed by atoms with Crippen molar-refractivity contribution < 1.29 is 31.9 Å². The minimum Gasteiger partial charge on any atom is -0.478 e. The summed E-state index contributed by atoms with van der Waals surface area (Å²) >= 11 is 0.829. The van der Waals surface area contributed by atoms with E-state index >= 15 is 0 Å². The van der Waals surface area contributed by atoms with Gasteiger partial charge >= 0.3 is 18.1 Å². The van der Waals surface area contributed by atoms with Crippen LogP contribution >= 0.6 is 11.8 Å². The summed E-state index contributed by atoms with van der Waals surface area (Å²) in [6.45, 7) is 3.27. The molecule has 0 aromatic heterocycles. The summed E-state index contributed by atoms with van der Waals surface area (Å²) in [5.74, 6) is -6.06. The van der Waals surface area contributed by atoms with Crippen LogP contribution in [-0.4, -0.2) is 23.0 Å². The lowest BCUT2D eigenvalue weighted by atomic mass is 9.98. The largest absolute Gasteiger partial charge is 0.478 e. The van der Waals surface area contributed by atoms with E-state index in [4.69, 9.17) is 5.11 Å². The van der Waals surface area contributed by atoms with Crippen LogP contribution in [0.5, 0.6) is 0 Å². The summed E-state index contributed by atoms with van der Waals surface area (Å²) in [5, 5.41) is 9.08. The molecule has 0 unspecified atom stereocenters. The number of rotatable bonds is 6. The van der Waals surface area contributed by atoms with Crippen molar-refractivity contribution in [2.45, 2.75) is 43.7 Å². The maximum atomic E-state index is 13.7. The molecular formula is C14H15F5O2S. The molecule has 0 aliphatic carbocycles. The fourth-order valence-electron chi connectivity index (χ4n) is 1.95. The van der Waals surface area contributed by atoms with Crippen LogP contribution in [0, 0.1) is 0 Å². The van der Waals surface area contributed by atoms with Gasteiger partial charge in [0.05, 0.1) is 5.56 Å². The average molecular weight is 342 g/mol. The zero-order chi connectivity index (χ0) is 17.1. The Bertz CT molecular complexity index is 555. The molecule has 22 heavy (non-hydrogen) atoms. The zero-order valence-corrected chi connectivity index (χ0v) is 12.7. The maximum Gasteiger partial charge on any atom is 0.458 e. The molecule has 1 aromatic rings. The minimum absolute atomic E-state index is 0.00683. The number of hydrogen-bond donors (Lipinski definition) is 1. The first kappa shape index (κ1) is 18.7. The second-order valence-corrected chi connectivity index (χ2v) is 5.65. The molecule has 0 saturated carbocycles. The zero-order valence-electron chi connectivity index (χ0n) is 11.9. The van der Waals surface area contributed by atoms with Crippen molar-refractivity contribution in [3.63, 3.8) is 0 Å². The SMILES string of the molecule is CCCSc1c(C(F)(F)C(F)(F)F)ccc(C(=O)O)c1CC. The van der Waals surface area contributed by atoms with Gasteiger partial charge in [0.25, 0.3) is 0 Å². The summed E-state index contributed by atoms with van der Waals surface area (Å²) in [6, 6.07) is 1.38. The molecule has 0 atom stereocenters. The highest BCUT2D eigenvalue weighted by Crippen LogP contribution is 2.48. The quantitative estimate of drug-likeness (QED) is 0.577. The van der Waals surface area contributed by atoms with Gasteiger partial charge in [0.15, 0.2) is 0 Å². The van der Waals surface area contributed by atoms with Crippen LogP contribution in [0.3, 0.4) is 0 Å². The van der Waals surface area contributed by atoms with E-state index in [9.17, 15) is 26.7 Å². The number of halogens is 5. The monoisotopic (exact) mass is 342 g/mol. The number of carboxylic acid groups (broad SMARTS) is 1. The molecule has 0 bridgehead atoms. The number of alkyl halides is 5. The first-order valence-electron chi connectivity index (χ1n) is 6.54. The molecule has 1 rings (SSSR count). The Hall–Kier alpha value is -1.31. The molecule has 0 aliphatic heterocycles. The van der Waals surface area contributed by atoms with Crippen molar-refractivity contribution in [2.75, 3.05) is 5.75 Å². The van der Waals surface area contributed by atoms with Gasteiger partial charge in [0.2, 0.25) is 0 Å². The number of benzene rings is 1. The lowest BCUT2D eigenvalue weighted by molar-refractivity contribution is -0.290.